The van der Waals surface area contributed by atoms with Crippen molar-refractivity contribution in [3.63, 3.8) is 0 Å². The maximum atomic E-state index is 6.36. The number of aromatic nitrogens is 1. The molecule has 0 spiro atoms. The summed E-state index contributed by atoms with van der Waals surface area (Å²) in [5.41, 5.74) is 13.9. The van der Waals surface area contributed by atoms with Gasteiger partial charge in [0.05, 0.1) is 11.0 Å². The average molecular weight is 794 g/mol. The zero-order chi connectivity index (χ0) is 41.0. The van der Waals surface area contributed by atoms with Gasteiger partial charge in [0.15, 0.2) is 0 Å². The second kappa shape index (κ2) is 14.7. The lowest BCUT2D eigenvalue weighted by atomic mass is 9.98. The molecule has 0 radical (unpaired) electrons. The number of furan rings is 1. The Kier molecular flexibility index (Phi) is 8.46. The van der Waals surface area contributed by atoms with Crippen molar-refractivity contribution in [1.29, 1.82) is 0 Å². The first-order chi connectivity index (χ1) is 30.7. The fourth-order valence-electron chi connectivity index (χ4n) is 9.32. The molecule has 292 valence electrons. The quantitative estimate of drug-likeness (QED) is 0.153. The second-order valence-corrected chi connectivity index (χ2v) is 15.8. The number of hydrogen-bond donors (Lipinski definition) is 0. The third kappa shape index (κ3) is 6.00. The van der Waals surface area contributed by atoms with Crippen LogP contribution in [0.3, 0.4) is 0 Å². The summed E-state index contributed by atoms with van der Waals surface area (Å²) in [6.45, 7) is 0. The van der Waals surface area contributed by atoms with E-state index in [9.17, 15) is 0 Å². The van der Waals surface area contributed by atoms with Crippen molar-refractivity contribution in [2.75, 3.05) is 9.80 Å². The normalized spacial score (nSPS) is 11.5. The minimum absolute atomic E-state index is 0.901. The van der Waals surface area contributed by atoms with Crippen LogP contribution in [0.2, 0.25) is 0 Å². The molecule has 0 saturated carbocycles. The Morgan fingerprint density at radius 1 is 0.306 bits per heavy atom. The number of benzene rings is 10. The van der Waals surface area contributed by atoms with Crippen LogP contribution in [-0.2, 0) is 0 Å². The van der Waals surface area contributed by atoms with E-state index in [1.807, 2.05) is 6.07 Å². The van der Waals surface area contributed by atoms with Crippen molar-refractivity contribution >= 4 is 88.6 Å². The SMILES string of the molecule is c1ccc(N(c2ccccc2)c2cc(-c3ccc4c(c3)c3cc5ccc6oc7ccccc7c6c5cc3n4-c3ccccc3)cc(N(c3ccccc3)c3ccccc3)c2)cc1. The number of anilines is 6. The van der Waals surface area contributed by atoms with Crippen LogP contribution in [0.25, 0.3) is 71.3 Å². The van der Waals surface area contributed by atoms with E-state index in [1.165, 1.54) is 21.5 Å². The van der Waals surface area contributed by atoms with Gasteiger partial charge in [0.2, 0.25) is 0 Å². The van der Waals surface area contributed by atoms with Gasteiger partial charge in [-0.05, 0) is 137 Å². The highest BCUT2D eigenvalue weighted by Crippen LogP contribution is 2.45. The summed E-state index contributed by atoms with van der Waals surface area (Å²) in [6, 6.07) is 84.7. The summed E-state index contributed by atoms with van der Waals surface area (Å²) >= 11 is 0. The Labute approximate surface area is 359 Å². The fraction of sp³-hybridized carbons (Fsp3) is 0. The summed E-state index contributed by atoms with van der Waals surface area (Å²) in [5.74, 6) is 0. The van der Waals surface area contributed by atoms with Gasteiger partial charge in [-0.25, -0.2) is 0 Å². The third-order valence-corrected chi connectivity index (χ3v) is 12.1. The Balaban J connectivity index is 1.13. The molecule has 0 atom stereocenters. The number of para-hydroxylation sites is 6. The lowest BCUT2D eigenvalue weighted by Crippen LogP contribution is -2.13. The van der Waals surface area contributed by atoms with Crippen LogP contribution in [0.15, 0.2) is 241 Å². The van der Waals surface area contributed by atoms with Crippen LogP contribution in [0.1, 0.15) is 0 Å². The molecule has 0 saturated heterocycles. The van der Waals surface area contributed by atoms with Crippen molar-refractivity contribution < 1.29 is 4.42 Å². The summed E-state index contributed by atoms with van der Waals surface area (Å²) < 4.78 is 8.78. The number of fused-ring (bicyclic) bond motifs is 8. The molecule has 2 aromatic heterocycles. The van der Waals surface area contributed by atoms with Gasteiger partial charge in [-0.2, -0.15) is 0 Å². The summed E-state index contributed by atoms with van der Waals surface area (Å²) in [7, 11) is 0. The van der Waals surface area contributed by atoms with Crippen LogP contribution < -0.4 is 9.80 Å². The fourth-order valence-corrected chi connectivity index (χ4v) is 9.32. The molecule has 0 fully saturated rings. The largest absolute Gasteiger partial charge is 0.456 e. The van der Waals surface area contributed by atoms with Gasteiger partial charge in [-0.1, -0.05) is 121 Å². The van der Waals surface area contributed by atoms with Gasteiger partial charge in [0, 0.05) is 61.4 Å². The molecule has 4 nitrogen and oxygen atoms in total. The Morgan fingerprint density at radius 2 is 0.823 bits per heavy atom. The highest BCUT2D eigenvalue weighted by atomic mass is 16.3. The molecule has 12 aromatic rings. The average Bonchev–Trinajstić information content (AvgIpc) is 3.88. The molecule has 12 rings (SSSR count). The minimum atomic E-state index is 0.901. The molecule has 0 bridgehead atoms. The standard InChI is InChI=1S/C58H39N3O/c1-6-18-43(19-7-1)59(44-20-8-2-9-21-44)48-34-42(35-49(38-48)60(45-22-10-3-11-23-45)46-24-12-4-13-25-46)40-30-32-54-52(36-40)53-37-41-31-33-57-58(50-28-16-17-29-56(50)62-57)51(41)39-55(53)61(54)47-26-14-5-15-27-47/h1-39H. The lowest BCUT2D eigenvalue weighted by Gasteiger charge is -2.30. The van der Waals surface area contributed by atoms with Crippen LogP contribution >= 0.6 is 0 Å². The van der Waals surface area contributed by atoms with Crippen LogP contribution in [0.4, 0.5) is 34.1 Å². The van der Waals surface area contributed by atoms with Crippen molar-refractivity contribution in [3.05, 3.63) is 237 Å². The maximum absolute atomic E-state index is 6.36. The minimum Gasteiger partial charge on any atom is -0.456 e. The van der Waals surface area contributed by atoms with Crippen molar-refractivity contribution in [1.82, 2.24) is 4.57 Å². The van der Waals surface area contributed by atoms with E-state index in [0.717, 1.165) is 83.9 Å². The molecule has 0 amide bonds. The molecule has 0 unspecified atom stereocenters. The lowest BCUT2D eigenvalue weighted by molar-refractivity contribution is 0.669. The predicted octanol–water partition coefficient (Wildman–Crippen LogP) is 16.4. The molecule has 2 heterocycles. The zero-order valence-corrected chi connectivity index (χ0v) is 33.8. The van der Waals surface area contributed by atoms with Gasteiger partial charge in [-0.15, -0.1) is 0 Å². The molecule has 0 aliphatic heterocycles. The number of rotatable bonds is 8. The smallest absolute Gasteiger partial charge is 0.136 e. The van der Waals surface area contributed by atoms with Crippen LogP contribution in [0, 0.1) is 0 Å². The highest BCUT2D eigenvalue weighted by Gasteiger charge is 2.21. The Bertz CT molecular complexity index is 3380. The summed E-state index contributed by atoms with van der Waals surface area (Å²) in [6.07, 6.45) is 0. The first-order valence-electron chi connectivity index (χ1n) is 21.1. The van der Waals surface area contributed by atoms with E-state index in [2.05, 4.69) is 245 Å². The molecular weight excluding hydrogens is 755 g/mol. The first kappa shape index (κ1) is 35.6. The van der Waals surface area contributed by atoms with E-state index < -0.39 is 0 Å². The van der Waals surface area contributed by atoms with E-state index in [1.54, 1.807) is 0 Å². The van der Waals surface area contributed by atoms with Crippen molar-refractivity contribution in [2.24, 2.45) is 0 Å². The molecular formula is C58H39N3O. The third-order valence-electron chi connectivity index (χ3n) is 12.1. The molecule has 0 N–H and O–H groups in total. The zero-order valence-electron chi connectivity index (χ0n) is 33.8. The molecule has 0 aliphatic rings. The summed E-state index contributed by atoms with van der Waals surface area (Å²) in [5, 5.41) is 7.04. The first-order valence-corrected chi connectivity index (χ1v) is 21.1. The maximum Gasteiger partial charge on any atom is 0.136 e. The van der Waals surface area contributed by atoms with Crippen LogP contribution in [-0.4, -0.2) is 4.57 Å². The Morgan fingerprint density at radius 3 is 1.40 bits per heavy atom. The van der Waals surface area contributed by atoms with E-state index in [-0.39, 0.29) is 0 Å². The van der Waals surface area contributed by atoms with E-state index >= 15 is 0 Å². The molecule has 4 heteroatoms. The van der Waals surface area contributed by atoms with Gasteiger partial charge < -0.3 is 18.8 Å². The number of hydrogen-bond acceptors (Lipinski definition) is 3. The van der Waals surface area contributed by atoms with Gasteiger partial charge in [0.1, 0.15) is 11.2 Å². The second-order valence-electron chi connectivity index (χ2n) is 15.8. The Hall–Kier alpha value is -8.34. The molecule has 10 aromatic carbocycles. The molecule has 62 heavy (non-hydrogen) atoms. The molecule has 0 aliphatic carbocycles. The van der Waals surface area contributed by atoms with Gasteiger partial charge >= 0.3 is 0 Å². The van der Waals surface area contributed by atoms with E-state index in [0.29, 0.717) is 0 Å². The van der Waals surface area contributed by atoms with Gasteiger partial charge in [0.25, 0.3) is 0 Å². The predicted molar refractivity (Wildman–Crippen MR) is 260 cm³/mol. The number of nitrogens with zero attached hydrogens (tertiary/aromatic N) is 3. The van der Waals surface area contributed by atoms with Crippen molar-refractivity contribution in [3.8, 4) is 16.8 Å². The van der Waals surface area contributed by atoms with E-state index in [4.69, 9.17) is 4.42 Å². The highest BCUT2D eigenvalue weighted by molar-refractivity contribution is 6.23. The summed E-state index contributed by atoms with van der Waals surface area (Å²) in [4.78, 5) is 4.71. The van der Waals surface area contributed by atoms with Crippen LogP contribution in [0.5, 0.6) is 0 Å². The van der Waals surface area contributed by atoms with Crippen molar-refractivity contribution in [2.45, 2.75) is 0 Å². The monoisotopic (exact) mass is 793 g/mol. The van der Waals surface area contributed by atoms with Gasteiger partial charge in [-0.3, -0.25) is 0 Å². The topological polar surface area (TPSA) is 24.6 Å².